The first-order chi connectivity index (χ1) is 9.43. The van der Waals surface area contributed by atoms with Gasteiger partial charge in [0.15, 0.2) is 0 Å². The van der Waals surface area contributed by atoms with Gasteiger partial charge in [-0.1, -0.05) is 40.2 Å². The quantitative estimate of drug-likeness (QED) is 0.677. The summed E-state index contributed by atoms with van der Waals surface area (Å²) < 4.78 is 39.1. The monoisotopic (exact) mass is 343 g/mol. The molecule has 0 amide bonds. The van der Waals surface area contributed by atoms with Gasteiger partial charge in [-0.25, -0.2) is 0 Å². The summed E-state index contributed by atoms with van der Waals surface area (Å²) in [5.74, 6) is 0. The van der Waals surface area contributed by atoms with Crippen molar-refractivity contribution in [1.29, 1.82) is 0 Å². The van der Waals surface area contributed by atoms with Crippen molar-refractivity contribution in [3.63, 3.8) is 0 Å². The van der Waals surface area contributed by atoms with Gasteiger partial charge in [-0.05, 0) is 29.8 Å². The SMILES string of the molecule is CN(c1ccccc1)c1ccc(CBr)c(C(F)(F)F)c1. The maximum absolute atomic E-state index is 13.0. The van der Waals surface area contributed by atoms with Crippen LogP contribution >= 0.6 is 15.9 Å². The summed E-state index contributed by atoms with van der Waals surface area (Å²) in [5, 5.41) is 0.178. The van der Waals surface area contributed by atoms with Gasteiger partial charge < -0.3 is 4.90 Å². The zero-order valence-electron chi connectivity index (χ0n) is 10.8. The van der Waals surface area contributed by atoms with Gasteiger partial charge in [0.25, 0.3) is 0 Å². The molecule has 0 aliphatic rings. The Kier molecular flexibility index (Phi) is 4.38. The third-order valence-electron chi connectivity index (χ3n) is 3.07. The maximum Gasteiger partial charge on any atom is 0.416 e. The summed E-state index contributed by atoms with van der Waals surface area (Å²) in [7, 11) is 1.75. The smallest absolute Gasteiger partial charge is 0.345 e. The number of hydrogen-bond acceptors (Lipinski definition) is 1. The second-order valence-electron chi connectivity index (χ2n) is 4.37. The Bertz CT molecular complexity index is 581. The number of anilines is 2. The van der Waals surface area contributed by atoms with Crippen LogP contribution in [0.2, 0.25) is 0 Å². The topological polar surface area (TPSA) is 3.24 Å². The molecule has 0 spiro atoms. The summed E-state index contributed by atoms with van der Waals surface area (Å²) in [6, 6.07) is 13.7. The Balaban J connectivity index is 2.44. The van der Waals surface area contributed by atoms with Gasteiger partial charge in [0.05, 0.1) is 5.56 Å². The fourth-order valence-corrected chi connectivity index (χ4v) is 2.44. The Morgan fingerprint density at radius 2 is 1.65 bits per heavy atom. The number of para-hydroxylation sites is 1. The largest absolute Gasteiger partial charge is 0.416 e. The van der Waals surface area contributed by atoms with Gasteiger partial charge in [0.2, 0.25) is 0 Å². The zero-order valence-corrected chi connectivity index (χ0v) is 12.4. The molecule has 0 saturated carbocycles. The molecule has 0 radical (unpaired) electrons. The van der Waals surface area contributed by atoms with E-state index in [4.69, 9.17) is 0 Å². The average molecular weight is 344 g/mol. The van der Waals surface area contributed by atoms with E-state index < -0.39 is 11.7 Å². The molecule has 0 N–H and O–H groups in total. The van der Waals surface area contributed by atoms with E-state index in [1.54, 1.807) is 18.0 Å². The summed E-state index contributed by atoms with van der Waals surface area (Å²) in [6.07, 6.45) is -4.35. The lowest BCUT2D eigenvalue weighted by Crippen LogP contribution is -2.13. The summed E-state index contributed by atoms with van der Waals surface area (Å²) in [5.41, 5.74) is 0.984. The second-order valence-corrected chi connectivity index (χ2v) is 4.93. The van der Waals surface area contributed by atoms with Gasteiger partial charge in [-0.15, -0.1) is 0 Å². The third-order valence-corrected chi connectivity index (χ3v) is 3.68. The van der Waals surface area contributed by atoms with Gasteiger partial charge >= 0.3 is 6.18 Å². The molecule has 5 heteroatoms. The van der Waals surface area contributed by atoms with Crippen LogP contribution < -0.4 is 4.90 Å². The molecular weight excluding hydrogens is 331 g/mol. The average Bonchev–Trinajstić information content (AvgIpc) is 2.46. The first-order valence-corrected chi connectivity index (χ1v) is 7.10. The fraction of sp³-hybridized carbons (Fsp3) is 0.200. The van der Waals surface area contributed by atoms with Gasteiger partial charge in [-0.2, -0.15) is 13.2 Å². The van der Waals surface area contributed by atoms with Crippen LogP contribution in [0.1, 0.15) is 11.1 Å². The van der Waals surface area contributed by atoms with E-state index in [2.05, 4.69) is 15.9 Å². The highest BCUT2D eigenvalue weighted by Gasteiger charge is 2.33. The van der Waals surface area contributed by atoms with Crippen molar-refractivity contribution in [1.82, 2.24) is 0 Å². The van der Waals surface area contributed by atoms with Crippen LogP contribution in [0.25, 0.3) is 0 Å². The highest BCUT2D eigenvalue weighted by atomic mass is 79.9. The van der Waals surface area contributed by atoms with Crippen LogP contribution in [0.5, 0.6) is 0 Å². The van der Waals surface area contributed by atoms with Crippen LogP contribution in [0.4, 0.5) is 24.5 Å². The number of benzene rings is 2. The molecule has 0 bridgehead atoms. The summed E-state index contributed by atoms with van der Waals surface area (Å²) >= 11 is 3.09. The molecule has 20 heavy (non-hydrogen) atoms. The van der Waals surface area contributed by atoms with Crippen molar-refractivity contribution in [2.45, 2.75) is 11.5 Å². The lowest BCUT2D eigenvalue weighted by molar-refractivity contribution is -0.138. The molecule has 0 atom stereocenters. The minimum atomic E-state index is -4.35. The van der Waals surface area contributed by atoms with E-state index in [1.165, 1.54) is 12.1 Å². The molecule has 0 heterocycles. The predicted octanol–water partition coefficient (Wildman–Crippen LogP) is 5.37. The Hall–Kier alpha value is -1.49. The Labute approximate surface area is 124 Å². The van der Waals surface area contributed by atoms with Crippen molar-refractivity contribution >= 4 is 27.3 Å². The minimum Gasteiger partial charge on any atom is -0.345 e. The Morgan fingerprint density at radius 1 is 1.00 bits per heavy atom. The normalized spacial score (nSPS) is 11.4. The van der Waals surface area contributed by atoms with Crippen molar-refractivity contribution < 1.29 is 13.2 Å². The van der Waals surface area contributed by atoms with Crippen LogP contribution in [0.15, 0.2) is 48.5 Å². The highest BCUT2D eigenvalue weighted by Crippen LogP contribution is 2.36. The summed E-state index contributed by atoms with van der Waals surface area (Å²) in [6.45, 7) is 0. The standard InChI is InChI=1S/C15H13BrF3N/c1-20(12-5-3-2-4-6-12)13-8-7-11(10-16)14(9-13)15(17,18)19/h2-9H,10H2,1H3. The third kappa shape index (κ3) is 3.15. The number of hydrogen-bond donors (Lipinski definition) is 0. The van der Waals surface area contributed by atoms with Gasteiger partial charge in [-0.3, -0.25) is 0 Å². The van der Waals surface area contributed by atoms with E-state index in [9.17, 15) is 13.2 Å². The molecule has 0 fully saturated rings. The lowest BCUT2D eigenvalue weighted by atomic mass is 10.1. The molecule has 2 aromatic carbocycles. The molecule has 1 nitrogen and oxygen atoms in total. The molecule has 0 saturated heterocycles. The van der Waals surface area contributed by atoms with Crippen LogP contribution in [0, 0.1) is 0 Å². The summed E-state index contributed by atoms with van der Waals surface area (Å²) in [4.78, 5) is 1.73. The number of rotatable bonds is 3. The molecule has 0 aliphatic heterocycles. The second kappa shape index (κ2) is 5.87. The molecule has 106 valence electrons. The Morgan fingerprint density at radius 3 is 2.20 bits per heavy atom. The van der Waals surface area contributed by atoms with Crippen LogP contribution in [-0.4, -0.2) is 7.05 Å². The molecule has 0 aromatic heterocycles. The van der Waals surface area contributed by atoms with E-state index in [0.717, 1.165) is 5.69 Å². The lowest BCUT2D eigenvalue weighted by Gasteiger charge is -2.22. The van der Waals surface area contributed by atoms with Crippen molar-refractivity contribution in [2.24, 2.45) is 0 Å². The van der Waals surface area contributed by atoms with Crippen LogP contribution in [-0.2, 0) is 11.5 Å². The molecule has 2 rings (SSSR count). The number of alkyl halides is 4. The minimum absolute atomic E-state index is 0.178. The van der Waals surface area contributed by atoms with E-state index in [1.807, 2.05) is 30.3 Å². The van der Waals surface area contributed by atoms with E-state index in [-0.39, 0.29) is 10.9 Å². The van der Waals surface area contributed by atoms with Gasteiger partial charge in [0, 0.05) is 23.8 Å². The molecule has 0 aliphatic carbocycles. The number of nitrogens with zero attached hydrogens (tertiary/aromatic N) is 1. The molecule has 0 unspecified atom stereocenters. The first-order valence-electron chi connectivity index (χ1n) is 5.98. The van der Waals surface area contributed by atoms with Crippen molar-refractivity contribution in [3.05, 3.63) is 59.7 Å². The van der Waals surface area contributed by atoms with Gasteiger partial charge in [0.1, 0.15) is 0 Å². The van der Waals surface area contributed by atoms with Crippen molar-refractivity contribution in [2.75, 3.05) is 11.9 Å². The fourth-order valence-electron chi connectivity index (χ4n) is 1.95. The maximum atomic E-state index is 13.0. The number of halogens is 4. The van der Waals surface area contributed by atoms with E-state index >= 15 is 0 Å². The first kappa shape index (κ1) is 14.9. The zero-order chi connectivity index (χ0) is 14.8. The van der Waals surface area contributed by atoms with Crippen LogP contribution in [0.3, 0.4) is 0 Å². The van der Waals surface area contributed by atoms with E-state index in [0.29, 0.717) is 5.69 Å². The molecule has 2 aromatic rings. The predicted molar refractivity (Wildman–Crippen MR) is 78.6 cm³/mol. The molecular formula is C15H13BrF3N. The van der Waals surface area contributed by atoms with Crippen molar-refractivity contribution in [3.8, 4) is 0 Å². The highest BCUT2D eigenvalue weighted by molar-refractivity contribution is 9.08.